The quantitative estimate of drug-likeness (QED) is 0.709. The lowest BCUT2D eigenvalue weighted by molar-refractivity contribution is 0.0593. The summed E-state index contributed by atoms with van der Waals surface area (Å²) in [5.41, 5.74) is 0. The molecule has 1 aliphatic heterocycles. The van der Waals surface area contributed by atoms with Crippen LogP contribution in [0.1, 0.15) is 42.6 Å². The zero-order valence-corrected chi connectivity index (χ0v) is 9.19. The Hall–Kier alpha value is -1.32. The molecule has 0 spiro atoms. The molecule has 0 aliphatic carbocycles. The predicted molar refractivity (Wildman–Crippen MR) is 55.6 cm³/mol. The van der Waals surface area contributed by atoms with E-state index in [4.69, 9.17) is 4.42 Å². The fourth-order valence-electron chi connectivity index (χ4n) is 1.98. The molecule has 82 valence electrons. The van der Waals surface area contributed by atoms with Crippen molar-refractivity contribution in [2.24, 2.45) is 0 Å². The van der Waals surface area contributed by atoms with Crippen LogP contribution >= 0.6 is 0 Å². The molecule has 0 N–H and O–H groups in total. The Balaban J connectivity index is 2.13. The molecule has 1 saturated heterocycles. The van der Waals surface area contributed by atoms with Crippen molar-refractivity contribution in [2.45, 2.75) is 39.2 Å². The topological polar surface area (TPSA) is 46.3 Å². The van der Waals surface area contributed by atoms with Crippen LogP contribution in [0.4, 0.5) is 0 Å². The van der Waals surface area contributed by atoms with Gasteiger partial charge in [0.05, 0.1) is 6.20 Å². The van der Waals surface area contributed by atoms with Gasteiger partial charge in [0.2, 0.25) is 0 Å². The van der Waals surface area contributed by atoms with Crippen molar-refractivity contribution in [2.75, 3.05) is 6.54 Å². The van der Waals surface area contributed by atoms with Gasteiger partial charge in [-0.3, -0.25) is 4.79 Å². The molecule has 0 radical (unpaired) electrons. The summed E-state index contributed by atoms with van der Waals surface area (Å²) in [7, 11) is 0. The van der Waals surface area contributed by atoms with Crippen molar-refractivity contribution in [3.8, 4) is 0 Å². The molecule has 1 amide bonds. The summed E-state index contributed by atoms with van der Waals surface area (Å²) in [5.74, 6) is 0.833. The van der Waals surface area contributed by atoms with E-state index in [0.29, 0.717) is 11.8 Å². The number of carbonyl (C=O) groups is 1. The van der Waals surface area contributed by atoms with Crippen LogP contribution in [-0.4, -0.2) is 28.4 Å². The number of hydrogen-bond donors (Lipinski definition) is 0. The van der Waals surface area contributed by atoms with Gasteiger partial charge in [-0.25, -0.2) is 4.98 Å². The first-order valence-electron chi connectivity index (χ1n) is 5.42. The van der Waals surface area contributed by atoms with Gasteiger partial charge in [-0.1, -0.05) is 0 Å². The second kappa shape index (κ2) is 4.04. The van der Waals surface area contributed by atoms with E-state index in [1.807, 2.05) is 4.90 Å². The standard InChI is InChI=1S/C11H16N2O2/c1-8-5-3-4-6-13(8)11(14)10-12-7-9(2)15-10/h7-8H,3-6H2,1-2H3. The Morgan fingerprint density at radius 3 is 3.00 bits per heavy atom. The first-order valence-corrected chi connectivity index (χ1v) is 5.42. The highest BCUT2D eigenvalue weighted by atomic mass is 16.4. The van der Waals surface area contributed by atoms with Crippen LogP contribution < -0.4 is 0 Å². The minimum atomic E-state index is -0.0738. The monoisotopic (exact) mass is 208 g/mol. The van der Waals surface area contributed by atoms with E-state index in [1.165, 1.54) is 6.42 Å². The van der Waals surface area contributed by atoms with E-state index >= 15 is 0 Å². The van der Waals surface area contributed by atoms with Crippen LogP contribution in [0, 0.1) is 6.92 Å². The van der Waals surface area contributed by atoms with E-state index in [9.17, 15) is 4.79 Å². The van der Waals surface area contributed by atoms with Gasteiger partial charge >= 0.3 is 5.91 Å². The van der Waals surface area contributed by atoms with Gasteiger partial charge in [0.25, 0.3) is 5.89 Å². The van der Waals surface area contributed by atoms with E-state index in [-0.39, 0.29) is 11.8 Å². The zero-order chi connectivity index (χ0) is 10.8. The average Bonchev–Trinajstić information content (AvgIpc) is 2.65. The molecular weight excluding hydrogens is 192 g/mol. The third-order valence-electron chi connectivity index (χ3n) is 2.87. The number of aryl methyl sites for hydroxylation is 1. The van der Waals surface area contributed by atoms with Crippen LogP contribution in [0.2, 0.25) is 0 Å². The van der Waals surface area contributed by atoms with Gasteiger partial charge in [0, 0.05) is 12.6 Å². The van der Waals surface area contributed by atoms with E-state index < -0.39 is 0 Å². The number of hydrogen-bond acceptors (Lipinski definition) is 3. The van der Waals surface area contributed by atoms with Crippen molar-refractivity contribution in [1.82, 2.24) is 9.88 Å². The normalized spacial score (nSPS) is 21.7. The number of rotatable bonds is 1. The fourth-order valence-corrected chi connectivity index (χ4v) is 1.98. The van der Waals surface area contributed by atoms with Crippen LogP contribution in [0.5, 0.6) is 0 Å². The van der Waals surface area contributed by atoms with Crippen LogP contribution in [0.15, 0.2) is 10.6 Å². The second-order valence-corrected chi connectivity index (χ2v) is 4.12. The minimum absolute atomic E-state index is 0.0738. The summed E-state index contributed by atoms with van der Waals surface area (Å²) in [6.45, 7) is 4.69. The van der Waals surface area contributed by atoms with Crippen molar-refractivity contribution in [3.63, 3.8) is 0 Å². The summed E-state index contributed by atoms with van der Waals surface area (Å²) in [5, 5.41) is 0. The van der Waals surface area contributed by atoms with Crippen molar-refractivity contribution in [1.29, 1.82) is 0 Å². The number of piperidine rings is 1. The van der Waals surface area contributed by atoms with E-state index in [1.54, 1.807) is 13.1 Å². The molecule has 2 rings (SSSR count). The van der Waals surface area contributed by atoms with Gasteiger partial charge in [-0.05, 0) is 33.1 Å². The summed E-state index contributed by atoms with van der Waals surface area (Å²) >= 11 is 0. The van der Waals surface area contributed by atoms with Crippen molar-refractivity contribution in [3.05, 3.63) is 17.8 Å². The number of aromatic nitrogens is 1. The summed E-state index contributed by atoms with van der Waals surface area (Å²) < 4.78 is 5.24. The summed E-state index contributed by atoms with van der Waals surface area (Å²) in [6.07, 6.45) is 4.94. The maximum atomic E-state index is 12.0. The van der Waals surface area contributed by atoms with Gasteiger partial charge in [0.15, 0.2) is 0 Å². The Morgan fingerprint density at radius 2 is 2.40 bits per heavy atom. The zero-order valence-electron chi connectivity index (χ0n) is 9.19. The number of nitrogens with zero attached hydrogens (tertiary/aromatic N) is 2. The summed E-state index contributed by atoms with van der Waals surface area (Å²) in [4.78, 5) is 17.8. The van der Waals surface area contributed by atoms with Crippen LogP contribution in [-0.2, 0) is 0 Å². The average molecular weight is 208 g/mol. The number of oxazole rings is 1. The Morgan fingerprint density at radius 1 is 1.60 bits per heavy atom. The van der Waals surface area contributed by atoms with Gasteiger partial charge < -0.3 is 9.32 Å². The molecule has 2 heterocycles. The SMILES string of the molecule is Cc1cnc(C(=O)N2CCCCC2C)o1. The molecule has 1 aromatic rings. The third kappa shape index (κ3) is 2.03. The Labute approximate surface area is 89.3 Å². The predicted octanol–water partition coefficient (Wildman–Crippen LogP) is 2.00. The molecule has 0 bridgehead atoms. The minimum Gasteiger partial charge on any atom is -0.438 e. The lowest BCUT2D eigenvalue weighted by Gasteiger charge is -2.32. The Bertz CT molecular complexity index is 359. The highest BCUT2D eigenvalue weighted by Gasteiger charge is 2.26. The highest BCUT2D eigenvalue weighted by molar-refractivity contribution is 5.89. The molecule has 1 atom stereocenters. The first-order chi connectivity index (χ1) is 7.18. The first kappa shape index (κ1) is 10.2. The van der Waals surface area contributed by atoms with Gasteiger partial charge in [0.1, 0.15) is 5.76 Å². The molecule has 4 heteroatoms. The van der Waals surface area contributed by atoms with Gasteiger partial charge in [-0.2, -0.15) is 0 Å². The van der Waals surface area contributed by atoms with Crippen LogP contribution in [0.3, 0.4) is 0 Å². The number of carbonyl (C=O) groups excluding carboxylic acids is 1. The maximum Gasteiger partial charge on any atom is 0.309 e. The molecule has 15 heavy (non-hydrogen) atoms. The third-order valence-corrected chi connectivity index (χ3v) is 2.87. The molecule has 0 saturated carbocycles. The number of likely N-dealkylation sites (tertiary alicyclic amines) is 1. The van der Waals surface area contributed by atoms with E-state index in [0.717, 1.165) is 19.4 Å². The number of amides is 1. The molecular formula is C11H16N2O2. The molecule has 1 fully saturated rings. The highest BCUT2D eigenvalue weighted by Crippen LogP contribution is 2.18. The molecule has 1 aliphatic rings. The lowest BCUT2D eigenvalue weighted by atomic mass is 10.0. The molecule has 0 aromatic carbocycles. The molecule has 4 nitrogen and oxygen atoms in total. The largest absolute Gasteiger partial charge is 0.438 e. The van der Waals surface area contributed by atoms with Crippen molar-refractivity contribution < 1.29 is 9.21 Å². The maximum absolute atomic E-state index is 12.0. The smallest absolute Gasteiger partial charge is 0.309 e. The lowest BCUT2D eigenvalue weighted by Crippen LogP contribution is -2.42. The Kier molecular flexibility index (Phi) is 2.75. The van der Waals surface area contributed by atoms with Crippen LogP contribution in [0.25, 0.3) is 0 Å². The molecule has 1 aromatic heterocycles. The molecule has 1 unspecified atom stereocenters. The second-order valence-electron chi connectivity index (χ2n) is 4.12. The van der Waals surface area contributed by atoms with E-state index in [2.05, 4.69) is 11.9 Å². The van der Waals surface area contributed by atoms with Crippen molar-refractivity contribution >= 4 is 5.91 Å². The summed E-state index contributed by atoms with van der Waals surface area (Å²) in [6, 6.07) is 0.304. The van der Waals surface area contributed by atoms with Gasteiger partial charge in [-0.15, -0.1) is 0 Å². The fraction of sp³-hybridized carbons (Fsp3) is 0.636.